The Morgan fingerprint density at radius 2 is 1.95 bits per heavy atom. The molecule has 2 aliphatic rings. The number of rotatable bonds is 6. The number of nitrogen functional groups attached to an aromatic ring is 1. The minimum absolute atomic E-state index is 0.00615. The molecule has 202 valence electrons. The number of nitrogens with zero attached hydrogens (tertiary/aromatic N) is 6. The van der Waals surface area contributed by atoms with Crippen LogP contribution in [0.1, 0.15) is 25.3 Å². The van der Waals surface area contributed by atoms with Gasteiger partial charge in [-0.1, -0.05) is 0 Å². The number of anilines is 2. The zero-order chi connectivity index (χ0) is 27.4. The molecule has 39 heavy (non-hydrogen) atoms. The van der Waals surface area contributed by atoms with Gasteiger partial charge in [0.05, 0.1) is 54.6 Å². The molecule has 2 saturated heterocycles. The van der Waals surface area contributed by atoms with E-state index in [4.69, 9.17) is 16.2 Å². The fourth-order valence-electron chi connectivity index (χ4n) is 5.53. The van der Waals surface area contributed by atoms with Gasteiger partial charge in [0.2, 0.25) is 0 Å². The van der Waals surface area contributed by atoms with Crippen LogP contribution in [-0.2, 0) is 16.1 Å². The van der Waals surface area contributed by atoms with Gasteiger partial charge in [-0.25, -0.2) is 23.7 Å². The van der Waals surface area contributed by atoms with Crippen LogP contribution in [0, 0.1) is 17.0 Å². The second-order valence-corrected chi connectivity index (χ2v) is 10.7. The van der Waals surface area contributed by atoms with E-state index in [1.807, 2.05) is 17.6 Å². The largest absolute Gasteiger partial charge is 0.382 e. The fourth-order valence-corrected chi connectivity index (χ4v) is 5.53. The summed E-state index contributed by atoms with van der Waals surface area (Å²) >= 11 is 0. The van der Waals surface area contributed by atoms with Gasteiger partial charge in [0.1, 0.15) is 11.8 Å². The number of Topliss-reactive ketones (excluding diaryl/α,β-unsaturated/α-hetero) is 1. The van der Waals surface area contributed by atoms with Crippen LogP contribution in [0.5, 0.6) is 0 Å². The molecular formula is C27H28F2N8O2. The van der Waals surface area contributed by atoms with E-state index in [2.05, 4.69) is 24.8 Å². The molecule has 4 aromatic rings. The lowest BCUT2D eigenvalue weighted by atomic mass is 9.71. The van der Waals surface area contributed by atoms with Gasteiger partial charge in [-0.2, -0.15) is 0 Å². The van der Waals surface area contributed by atoms with Crippen molar-refractivity contribution in [3.8, 4) is 11.3 Å². The highest BCUT2D eigenvalue weighted by molar-refractivity contribution is 5.95. The number of hydrogen-bond donors (Lipinski definition) is 2. The molecule has 3 aromatic heterocycles. The molecule has 0 amide bonds. The van der Waals surface area contributed by atoms with Crippen LogP contribution in [0.25, 0.3) is 22.4 Å². The summed E-state index contributed by atoms with van der Waals surface area (Å²) in [4.78, 5) is 32.8. The number of pyridine rings is 1. The van der Waals surface area contributed by atoms with E-state index in [9.17, 15) is 13.6 Å². The van der Waals surface area contributed by atoms with Crippen molar-refractivity contribution in [3.63, 3.8) is 0 Å². The second kappa shape index (κ2) is 9.31. The molecule has 10 nitrogen and oxygen atoms in total. The Morgan fingerprint density at radius 3 is 2.69 bits per heavy atom. The van der Waals surface area contributed by atoms with Crippen LogP contribution in [0.15, 0.2) is 43.1 Å². The van der Waals surface area contributed by atoms with E-state index in [0.29, 0.717) is 61.7 Å². The van der Waals surface area contributed by atoms with Crippen molar-refractivity contribution in [1.82, 2.24) is 24.5 Å². The van der Waals surface area contributed by atoms with Crippen molar-refractivity contribution in [2.45, 2.75) is 31.8 Å². The average Bonchev–Trinajstić information content (AvgIpc) is 3.32. The third-order valence-corrected chi connectivity index (χ3v) is 7.66. The number of imidazole rings is 1. The Balaban J connectivity index is 1.40. The van der Waals surface area contributed by atoms with Crippen molar-refractivity contribution >= 4 is 28.5 Å². The highest BCUT2D eigenvalue weighted by atomic mass is 19.2. The van der Waals surface area contributed by atoms with Crippen LogP contribution in [-0.4, -0.2) is 62.1 Å². The number of benzene rings is 1. The van der Waals surface area contributed by atoms with E-state index < -0.39 is 22.6 Å². The molecule has 6 rings (SSSR count). The molecule has 4 N–H and O–H groups in total. The minimum Gasteiger partial charge on any atom is -0.382 e. The molecule has 0 radical (unpaired) electrons. The number of aromatic nitrogens is 5. The first kappa shape index (κ1) is 25.3. The number of hydrogen-bond acceptors (Lipinski definition) is 9. The highest BCUT2D eigenvalue weighted by Gasteiger charge is 2.51. The first-order valence-corrected chi connectivity index (χ1v) is 12.7. The number of nitrogens with two attached hydrogens (primary N) is 2. The molecule has 1 aromatic carbocycles. The molecule has 0 saturated carbocycles. The quantitative estimate of drug-likeness (QED) is 0.382. The average molecular weight is 535 g/mol. The zero-order valence-electron chi connectivity index (χ0n) is 21.4. The summed E-state index contributed by atoms with van der Waals surface area (Å²) in [5.74, 6) is -1.61. The summed E-state index contributed by atoms with van der Waals surface area (Å²) in [6.45, 7) is 3.97. The second-order valence-electron chi connectivity index (χ2n) is 10.7. The Hall–Kier alpha value is -4.03. The predicted molar refractivity (Wildman–Crippen MR) is 141 cm³/mol. The minimum atomic E-state index is -1.03. The lowest BCUT2D eigenvalue weighted by Crippen LogP contribution is -2.66. The molecule has 1 unspecified atom stereocenters. The third-order valence-electron chi connectivity index (χ3n) is 7.66. The molecule has 2 aliphatic heterocycles. The Kier molecular flexibility index (Phi) is 6.03. The fraction of sp³-hybridized carbons (Fsp3) is 0.370. The number of piperidine rings is 1. The van der Waals surface area contributed by atoms with Gasteiger partial charge in [-0.05, 0) is 49.6 Å². The zero-order valence-corrected chi connectivity index (χ0v) is 21.4. The first-order valence-electron chi connectivity index (χ1n) is 12.7. The lowest BCUT2D eigenvalue weighted by molar-refractivity contribution is -0.161. The van der Waals surface area contributed by atoms with Gasteiger partial charge in [0.15, 0.2) is 28.9 Å². The van der Waals surface area contributed by atoms with Gasteiger partial charge < -0.3 is 25.7 Å². The number of carbonyl (C=O) groups is 1. The van der Waals surface area contributed by atoms with Crippen LogP contribution in [0.3, 0.4) is 0 Å². The van der Waals surface area contributed by atoms with Crippen molar-refractivity contribution in [2.75, 3.05) is 36.9 Å². The smallest absolute Gasteiger partial charge is 0.165 e. The van der Waals surface area contributed by atoms with E-state index in [-0.39, 0.29) is 11.6 Å². The van der Waals surface area contributed by atoms with Crippen LogP contribution in [0.4, 0.5) is 20.3 Å². The molecule has 5 heterocycles. The third kappa shape index (κ3) is 4.39. The normalized spacial score (nSPS) is 20.7. The van der Waals surface area contributed by atoms with Crippen LogP contribution in [0.2, 0.25) is 0 Å². The number of ether oxygens (including phenoxy) is 1. The van der Waals surface area contributed by atoms with Gasteiger partial charge in [0, 0.05) is 18.7 Å². The van der Waals surface area contributed by atoms with Gasteiger partial charge in [-0.3, -0.25) is 9.78 Å². The van der Waals surface area contributed by atoms with E-state index in [1.54, 1.807) is 12.5 Å². The number of halogens is 2. The summed E-state index contributed by atoms with van der Waals surface area (Å²) in [6.07, 6.45) is 6.00. The molecule has 2 fully saturated rings. The predicted octanol–water partition coefficient (Wildman–Crippen LogP) is 2.70. The number of carbonyl (C=O) groups excluding carboxylic acids is 1. The number of fused-ring (bicyclic) bond motifs is 1. The molecule has 0 spiro atoms. The number of ketones is 1. The molecule has 0 aliphatic carbocycles. The molecule has 1 atom stereocenters. The summed E-state index contributed by atoms with van der Waals surface area (Å²) in [6, 6.07) is 5.50. The van der Waals surface area contributed by atoms with Crippen molar-refractivity contribution in [3.05, 3.63) is 60.3 Å². The molecular weight excluding hydrogens is 506 g/mol. The monoisotopic (exact) mass is 534 g/mol. The maximum atomic E-state index is 14.0. The van der Waals surface area contributed by atoms with E-state index in [1.165, 1.54) is 12.4 Å². The molecule has 0 bridgehead atoms. The van der Waals surface area contributed by atoms with Crippen LogP contribution < -0.4 is 16.4 Å². The Labute approximate surface area is 223 Å². The van der Waals surface area contributed by atoms with Gasteiger partial charge >= 0.3 is 0 Å². The summed E-state index contributed by atoms with van der Waals surface area (Å²) in [5, 5.41) is 0. The molecule has 12 heteroatoms. The SMILES string of the molecule is CC1(C(=O)C2(N)CCCN(c3cnc(-c4ccc(F)c(F)c4)cc3Cn3cnc4c(N)ncnc43)C2)COC1. The maximum Gasteiger partial charge on any atom is 0.165 e. The highest BCUT2D eigenvalue weighted by Crippen LogP contribution is 2.37. The topological polar surface area (TPSA) is 138 Å². The summed E-state index contributed by atoms with van der Waals surface area (Å²) in [5.41, 5.74) is 14.7. The Bertz CT molecular complexity index is 1590. The summed E-state index contributed by atoms with van der Waals surface area (Å²) in [7, 11) is 0. The Morgan fingerprint density at radius 1 is 1.13 bits per heavy atom. The van der Waals surface area contributed by atoms with Crippen molar-refractivity contribution in [1.29, 1.82) is 0 Å². The van der Waals surface area contributed by atoms with Crippen molar-refractivity contribution in [2.24, 2.45) is 11.1 Å². The van der Waals surface area contributed by atoms with E-state index >= 15 is 0 Å². The van der Waals surface area contributed by atoms with E-state index in [0.717, 1.165) is 29.8 Å². The van der Waals surface area contributed by atoms with Gasteiger partial charge in [0.25, 0.3) is 0 Å². The first-order chi connectivity index (χ1) is 18.7. The van der Waals surface area contributed by atoms with Crippen molar-refractivity contribution < 1.29 is 18.3 Å². The summed E-state index contributed by atoms with van der Waals surface area (Å²) < 4.78 is 34.8. The lowest BCUT2D eigenvalue weighted by Gasteiger charge is -2.47. The maximum absolute atomic E-state index is 14.0. The standard InChI is InChI=1S/C27H28F2N8O2/c1-26(12-39-13-26)25(38)27(31)5-2-6-36(11-27)21-9-32-20(16-3-4-18(28)19(29)7-16)8-17(21)10-37-15-35-22-23(30)33-14-34-24(22)37/h3-4,7-9,14-15H,2,5-6,10-13,31H2,1H3,(H2,30,33,34). The van der Waals surface area contributed by atoms with Crippen LogP contribution >= 0.6 is 0 Å². The van der Waals surface area contributed by atoms with Gasteiger partial charge in [-0.15, -0.1) is 0 Å².